The maximum Gasteiger partial charge on any atom is 0.331 e. The molecule has 1 heterocycles. The number of hydrogen-bond donors (Lipinski definition) is 1. The van der Waals surface area contributed by atoms with Gasteiger partial charge in [-0.3, -0.25) is 13.9 Å². The molecule has 0 atom stereocenters. The number of nitrogens with two attached hydrogens (primary N) is 1. The summed E-state index contributed by atoms with van der Waals surface area (Å²) < 4.78 is 16.2. The van der Waals surface area contributed by atoms with E-state index in [0.717, 1.165) is 10.1 Å². The van der Waals surface area contributed by atoms with Crippen LogP contribution >= 0.6 is 15.9 Å². The summed E-state index contributed by atoms with van der Waals surface area (Å²) in [7, 11) is 0. The first-order valence-electron chi connectivity index (χ1n) is 6.47. The number of nitrogens with zero attached hydrogens (tertiary/aromatic N) is 2. The van der Waals surface area contributed by atoms with Crippen molar-refractivity contribution in [2.24, 2.45) is 5.73 Å². The van der Waals surface area contributed by atoms with Crippen LogP contribution in [0.5, 0.6) is 0 Å². The minimum atomic E-state index is -0.396. The summed E-state index contributed by atoms with van der Waals surface area (Å²) in [6.07, 6.45) is 2.00. The van der Waals surface area contributed by atoms with Gasteiger partial charge in [-0.05, 0) is 30.7 Å². The molecular formula is C14H15BrFN3O2. The Balaban J connectivity index is 2.36. The SMILES string of the molecule is NCCCn1c(=O)ccn(Cc2ccc(F)cc2Br)c1=O. The van der Waals surface area contributed by atoms with Gasteiger partial charge in [-0.2, -0.15) is 0 Å². The average Bonchev–Trinajstić information content (AvgIpc) is 2.44. The largest absolute Gasteiger partial charge is 0.331 e. The van der Waals surface area contributed by atoms with Crippen molar-refractivity contribution < 1.29 is 4.39 Å². The lowest BCUT2D eigenvalue weighted by molar-refractivity contribution is 0.553. The van der Waals surface area contributed by atoms with Crippen molar-refractivity contribution in [1.29, 1.82) is 0 Å². The van der Waals surface area contributed by atoms with Crippen molar-refractivity contribution in [2.75, 3.05) is 6.54 Å². The molecular weight excluding hydrogens is 341 g/mol. The van der Waals surface area contributed by atoms with Crippen LogP contribution in [0.3, 0.4) is 0 Å². The Labute approximate surface area is 129 Å². The topological polar surface area (TPSA) is 70.0 Å². The molecule has 0 spiro atoms. The van der Waals surface area contributed by atoms with Crippen LogP contribution in [-0.4, -0.2) is 15.7 Å². The van der Waals surface area contributed by atoms with E-state index in [4.69, 9.17) is 5.73 Å². The van der Waals surface area contributed by atoms with Crippen LogP contribution in [0.2, 0.25) is 0 Å². The zero-order valence-corrected chi connectivity index (χ0v) is 12.8. The Morgan fingerprint density at radius 3 is 2.67 bits per heavy atom. The summed E-state index contributed by atoms with van der Waals surface area (Å²) in [5.41, 5.74) is 5.42. The third kappa shape index (κ3) is 3.68. The van der Waals surface area contributed by atoms with Crippen molar-refractivity contribution in [3.8, 4) is 0 Å². The molecule has 0 radical (unpaired) electrons. The highest BCUT2D eigenvalue weighted by atomic mass is 79.9. The maximum absolute atomic E-state index is 13.1. The molecule has 0 saturated carbocycles. The van der Waals surface area contributed by atoms with Gasteiger partial charge in [-0.15, -0.1) is 0 Å². The highest BCUT2D eigenvalue weighted by Gasteiger charge is 2.08. The highest BCUT2D eigenvalue weighted by Crippen LogP contribution is 2.18. The van der Waals surface area contributed by atoms with Gasteiger partial charge in [0.2, 0.25) is 0 Å². The molecule has 0 amide bonds. The lowest BCUT2D eigenvalue weighted by atomic mass is 10.2. The van der Waals surface area contributed by atoms with Gasteiger partial charge in [0.1, 0.15) is 5.82 Å². The van der Waals surface area contributed by atoms with E-state index >= 15 is 0 Å². The lowest BCUT2D eigenvalue weighted by Gasteiger charge is -2.10. The second kappa shape index (κ2) is 6.82. The molecule has 5 nitrogen and oxygen atoms in total. The van der Waals surface area contributed by atoms with Crippen LogP contribution in [0, 0.1) is 5.82 Å². The molecule has 0 aliphatic heterocycles. The van der Waals surface area contributed by atoms with E-state index in [1.165, 1.54) is 29.0 Å². The molecule has 0 unspecified atom stereocenters. The van der Waals surface area contributed by atoms with Gasteiger partial charge >= 0.3 is 5.69 Å². The van der Waals surface area contributed by atoms with Crippen molar-refractivity contribution in [2.45, 2.75) is 19.5 Å². The van der Waals surface area contributed by atoms with Gasteiger partial charge in [-0.25, -0.2) is 9.18 Å². The van der Waals surface area contributed by atoms with Crippen LogP contribution in [-0.2, 0) is 13.1 Å². The third-order valence-electron chi connectivity index (χ3n) is 3.08. The zero-order valence-electron chi connectivity index (χ0n) is 11.3. The van der Waals surface area contributed by atoms with Crippen molar-refractivity contribution in [1.82, 2.24) is 9.13 Å². The fourth-order valence-electron chi connectivity index (χ4n) is 1.97. The Bertz CT molecular complexity index is 755. The number of halogens is 2. The fourth-order valence-corrected chi connectivity index (χ4v) is 2.44. The zero-order chi connectivity index (χ0) is 15.4. The van der Waals surface area contributed by atoms with E-state index in [-0.39, 0.29) is 17.9 Å². The molecule has 0 bridgehead atoms. The van der Waals surface area contributed by atoms with Crippen LogP contribution in [0.15, 0.2) is 44.5 Å². The number of rotatable bonds is 5. The first kappa shape index (κ1) is 15.7. The Hall–Kier alpha value is -1.73. The van der Waals surface area contributed by atoms with Crippen molar-refractivity contribution >= 4 is 15.9 Å². The average molecular weight is 356 g/mol. The normalized spacial score (nSPS) is 10.8. The summed E-state index contributed by atoms with van der Waals surface area (Å²) in [5, 5.41) is 0. The monoisotopic (exact) mass is 355 g/mol. The predicted octanol–water partition coefficient (Wildman–Crippen LogP) is 1.31. The summed E-state index contributed by atoms with van der Waals surface area (Å²) >= 11 is 3.26. The molecule has 1 aromatic carbocycles. The van der Waals surface area contributed by atoms with Gasteiger partial charge in [0.15, 0.2) is 0 Å². The van der Waals surface area contributed by atoms with E-state index in [0.29, 0.717) is 24.0 Å². The Morgan fingerprint density at radius 1 is 1.24 bits per heavy atom. The molecule has 112 valence electrons. The van der Waals surface area contributed by atoms with Crippen LogP contribution in [0.1, 0.15) is 12.0 Å². The second-order valence-corrected chi connectivity index (χ2v) is 5.45. The van der Waals surface area contributed by atoms with E-state index in [1.54, 1.807) is 6.07 Å². The van der Waals surface area contributed by atoms with E-state index in [1.807, 2.05) is 0 Å². The molecule has 2 N–H and O–H groups in total. The smallest absolute Gasteiger partial charge is 0.330 e. The minimum Gasteiger partial charge on any atom is -0.330 e. The predicted molar refractivity (Wildman–Crippen MR) is 81.8 cm³/mol. The van der Waals surface area contributed by atoms with Gasteiger partial charge in [0, 0.05) is 23.3 Å². The number of hydrogen-bond acceptors (Lipinski definition) is 3. The summed E-state index contributed by atoms with van der Waals surface area (Å²) in [6, 6.07) is 5.61. The Morgan fingerprint density at radius 2 is 2.00 bits per heavy atom. The van der Waals surface area contributed by atoms with Gasteiger partial charge in [0.25, 0.3) is 5.56 Å². The molecule has 2 aromatic rings. The highest BCUT2D eigenvalue weighted by molar-refractivity contribution is 9.10. The van der Waals surface area contributed by atoms with Crippen molar-refractivity contribution in [3.63, 3.8) is 0 Å². The maximum atomic E-state index is 13.1. The molecule has 0 fully saturated rings. The molecule has 7 heteroatoms. The van der Waals surface area contributed by atoms with Crippen LogP contribution < -0.4 is 17.0 Å². The molecule has 1 aromatic heterocycles. The lowest BCUT2D eigenvalue weighted by Crippen LogP contribution is -2.39. The van der Waals surface area contributed by atoms with Crippen LogP contribution in [0.25, 0.3) is 0 Å². The molecule has 0 aliphatic carbocycles. The van der Waals surface area contributed by atoms with Gasteiger partial charge < -0.3 is 5.73 Å². The minimum absolute atomic E-state index is 0.253. The first-order chi connectivity index (χ1) is 10.0. The van der Waals surface area contributed by atoms with Crippen molar-refractivity contribution in [3.05, 3.63) is 67.2 Å². The van der Waals surface area contributed by atoms with Gasteiger partial charge in [0.05, 0.1) is 6.54 Å². The number of benzene rings is 1. The molecule has 0 aliphatic rings. The molecule has 2 rings (SSSR count). The van der Waals surface area contributed by atoms with Gasteiger partial charge in [-0.1, -0.05) is 22.0 Å². The number of aromatic nitrogens is 2. The van der Waals surface area contributed by atoms with E-state index in [9.17, 15) is 14.0 Å². The first-order valence-corrected chi connectivity index (χ1v) is 7.26. The fraction of sp³-hybridized carbons (Fsp3) is 0.286. The summed E-state index contributed by atoms with van der Waals surface area (Å²) in [6.45, 7) is 0.951. The standard InChI is InChI=1S/C14H15BrFN3O2/c15-12-8-11(16)3-2-10(12)9-18-7-4-13(20)19(14(18)21)6-1-5-17/h2-4,7-8H,1,5-6,9,17H2. The summed E-state index contributed by atoms with van der Waals surface area (Å²) in [5.74, 6) is -0.356. The quantitative estimate of drug-likeness (QED) is 0.878. The molecule has 0 saturated heterocycles. The summed E-state index contributed by atoms with van der Waals surface area (Å²) in [4.78, 5) is 24.0. The third-order valence-corrected chi connectivity index (χ3v) is 3.82. The van der Waals surface area contributed by atoms with E-state index in [2.05, 4.69) is 15.9 Å². The van der Waals surface area contributed by atoms with Crippen LogP contribution in [0.4, 0.5) is 4.39 Å². The Kier molecular flexibility index (Phi) is 5.08. The second-order valence-electron chi connectivity index (χ2n) is 4.59. The molecule has 21 heavy (non-hydrogen) atoms. The van der Waals surface area contributed by atoms with E-state index < -0.39 is 5.69 Å².